The van der Waals surface area contributed by atoms with Crippen LogP contribution >= 0.6 is 0 Å². The Balaban J connectivity index is 1.92. The van der Waals surface area contributed by atoms with Gasteiger partial charge in [-0.15, -0.1) is 0 Å². The molecule has 0 spiro atoms. The SMILES string of the molecule is NCc1ccccc1OCC(=O)N(CCO)C1CCC1. The molecule has 0 bridgehead atoms. The van der Waals surface area contributed by atoms with Crippen LogP contribution < -0.4 is 10.5 Å². The van der Waals surface area contributed by atoms with E-state index in [0.717, 1.165) is 24.8 Å². The third-order valence-corrected chi connectivity index (χ3v) is 3.72. The maximum atomic E-state index is 12.2. The van der Waals surface area contributed by atoms with Gasteiger partial charge in [0.05, 0.1) is 6.61 Å². The normalized spacial score (nSPS) is 14.7. The lowest BCUT2D eigenvalue weighted by Gasteiger charge is -2.37. The Bertz CT molecular complexity index is 446. The molecule has 110 valence electrons. The smallest absolute Gasteiger partial charge is 0.260 e. The largest absolute Gasteiger partial charge is 0.483 e. The number of aliphatic hydroxyl groups excluding tert-OH is 1. The van der Waals surface area contributed by atoms with Crippen molar-refractivity contribution in [2.24, 2.45) is 5.73 Å². The van der Waals surface area contributed by atoms with E-state index in [1.54, 1.807) is 4.90 Å². The van der Waals surface area contributed by atoms with Gasteiger partial charge in [0.1, 0.15) is 5.75 Å². The number of hydrogen-bond acceptors (Lipinski definition) is 4. The van der Waals surface area contributed by atoms with Gasteiger partial charge in [-0.05, 0) is 25.3 Å². The second kappa shape index (κ2) is 7.26. The summed E-state index contributed by atoms with van der Waals surface area (Å²) in [4.78, 5) is 13.9. The summed E-state index contributed by atoms with van der Waals surface area (Å²) in [5.41, 5.74) is 6.52. The molecule has 0 aliphatic heterocycles. The zero-order chi connectivity index (χ0) is 14.4. The Morgan fingerprint density at radius 1 is 1.40 bits per heavy atom. The molecule has 1 aromatic rings. The molecule has 1 fully saturated rings. The number of nitrogens with two attached hydrogens (primary N) is 1. The minimum atomic E-state index is -0.0735. The first kappa shape index (κ1) is 14.8. The van der Waals surface area contributed by atoms with Gasteiger partial charge in [-0.3, -0.25) is 4.79 Å². The molecule has 5 heteroatoms. The molecule has 3 N–H and O–H groups in total. The van der Waals surface area contributed by atoms with Crippen molar-refractivity contribution < 1.29 is 14.6 Å². The van der Waals surface area contributed by atoms with Gasteiger partial charge in [0, 0.05) is 24.7 Å². The van der Waals surface area contributed by atoms with Gasteiger partial charge in [0.25, 0.3) is 5.91 Å². The standard InChI is InChI=1S/C15H22N2O3/c16-10-12-4-1-2-7-14(12)20-11-15(19)17(8-9-18)13-5-3-6-13/h1-2,4,7,13,18H,3,5-6,8-11,16H2. The Kier molecular flexibility index (Phi) is 5.38. The summed E-state index contributed by atoms with van der Waals surface area (Å²) in [6.45, 7) is 0.744. The molecule has 0 atom stereocenters. The van der Waals surface area contributed by atoms with E-state index < -0.39 is 0 Å². The van der Waals surface area contributed by atoms with Crippen LogP contribution in [0.2, 0.25) is 0 Å². The first-order valence-corrected chi connectivity index (χ1v) is 7.07. The number of aliphatic hydroxyl groups is 1. The van der Waals surface area contributed by atoms with Crippen molar-refractivity contribution in [2.45, 2.75) is 31.8 Å². The Morgan fingerprint density at radius 3 is 2.75 bits per heavy atom. The van der Waals surface area contributed by atoms with Crippen molar-refractivity contribution in [1.29, 1.82) is 0 Å². The number of hydrogen-bond donors (Lipinski definition) is 2. The summed E-state index contributed by atoms with van der Waals surface area (Å²) in [5, 5.41) is 9.07. The van der Waals surface area contributed by atoms with E-state index in [1.165, 1.54) is 0 Å². The Labute approximate surface area is 119 Å². The van der Waals surface area contributed by atoms with Crippen molar-refractivity contribution >= 4 is 5.91 Å². The summed E-state index contributed by atoms with van der Waals surface area (Å²) in [6.07, 6.45) is 3.19. The lowest BCUT2D eigenvalue weighted by Crippen LogP contribution is -2.47. The summed E-state index contributed by atoms with van der Waals surface area (Å²) in [7, 11) is 0. The third-order valence-electron chi connectivity index (χ3n) is 3.72. The Hall–Kier alpha value is -1.59. The molecule has 5 nitrogen and oxygen atoms in total. The average Bonchev–Trinajstić information content (AvgIpc) is 2.42. The van der Waals surface area contributed by atoms with E-state index in [2.05, 4.69) is 0 Å². The van der Waals surface area contributed by atoms with Crippen LogP contribution in [0.3, 0.4) is 0 Å². The number of amides is 1. The molecule has 0 heterocycles. The Morgan fingerprint density at radius 2 is 2.15 bits per heavy atom. The van der Waals surface area contributed by atoms with Crippen molar-refractivity contribution in [3.05, 3.63) is 29.8 Å². The molecule has 2 rings (SSSR count). The molecule has 1 aliphatic carbocycles. The van der Waals surface area contributed by atoms with Gasteiger partial charge in [-0.25, -0.2) is 0 Å². The summed E-state index contributed by atoms with van der Waals surface area (Å²) >= 11 is 0. The first-order valence-electron chi connectivity index (χ1n) is 7.07. The fourth-order valence-corrected chi connectivity index (χ4v) is 2.35. The average molecular weight is 278 g/mol. The van der Waals surface area contributed by atoms with Crippen LogP contribution in [0.15, 0.2) is 24.3 Å². The van der Waals surface area contributed by atoms with E-state index in [4.69, 9.17) is 15.6 Å². The van der Waals surface area contributed by atoms with E-state index >= 15 is 0 Å². The van der Waals surface area contributed by atoms with Gasteiger partial charge in [-0.2, -0.15) is 0 Å². The highest BCUT2D eigenvalue weighted by molar-refractivity contribution is 5.78. The maximum Gasteiger partial charge on any atom is 0.260 e. The number of para-hydroxylation sites is 1. The minimum absolute atomic E-state index is 0.00644. The zero-order valence-electron chi connectivity index (χ0n) is 11.6. The second-order valence-electron chi connectivity index (χ2n) is 5.00. The molecule has 0 unspecified atom stereocenters. The lowest BCUT2D eigenvalue weighted by atomic mass is 9.91. The molecular weight excluding hydrogens is 256 g/mol. The quantitative estimate of drug-likeness (QED) is 0.777. The van der Waals surface area contributed by atoms with Gasteiger partial charge < -0.3 is 20.5 Å². The highest BCUT2D eigenvalue weighted by atomic mass is 16.5. The number of carbonyl (C=O) groups excluding carboxylic acids is 1. The molecule has 1 saturated carbocycles. The lowest BCUT2D eigenvalue weighted by molar-refractivity contribution is -0.138. The second-order valence-corrected chi connectivity index (χ2v) is 5.00. The van der Waals surface area contributed by atoms with E-state index in [-0.39, 0.29) is 25.2 Å². The first-order chi connectivity index (χ1) is 9.76. The van der Waals surface area contributed by atoms with E-state index in [0.29, 0.717) is 18.8 Å². The van der Waals surface area contributed by atoms with Crippen molar-refractivity contribution in [1.82, 2.24) is 4.90 Å². The predicted octanol–water partition coefficient (Wildman–Crippen LogP) is 0.897. The highest BCUT2D eigenvalue weighted by Gasteiger charge is 2.28. The third kappa shape index (κ3) is 3.49. The number of nitrogens with zero attached hydrogens (tertiary/aromatic N) is 1. The summed E-state index contributed by atoms with van der Waals surface area (Å²) in [6, 6.07) is 7.72. The monoisotopic (exact) mass is 278 g/mol. The minimum Gasteiger partial charge on any atom is -0.483 e. The highest BCUT2D eigenvalue weighted by Crippen LogP contribution is 2.25. The van der Waals surface area contributed by atoms with Gasteiger partial charge in [0.2, 0.25) is 0 Å². The van der Waals surface area contributed by atoms with E-state index in [1.807, 2.05) is 24.3 Å². The predicted molar refractivity (Wildman–Crippen MR) is 76.3 cm³/mol. The summed E-state index contributed by atoms with van der Waals surface area (Å²) < 4.78 is 5.58. The number of ether oxygens (including phenoxy) is 1. The molecule has 1 aromatic carbocycles. The zero-order valence-corrected chi connectivity index (χ0v) is 11.6. The maximum absolute atomic E-state index is 12.2. The van der Waals surface area contributed by atoms with Crippen LogP contribution in [0, 0.1) is 0 Å². The summed E-state index contributed by atoms with van der Waals surface area (Å²) in [5.74, 6) is 0.580. The van der Waals surface area contributed by atoms with Crippen LogP contribution in [-0.2, 0) is 11.3 Å². The van der Waals surface area contributed by atoms with Gasteiger partial charge >= 0.3 is 0 Å². The van der Waals surface area contributed by atoms with Crippen LogP contribution in [-0.4, -0.2) is 41.7 Å². The van der Waals surface area contributed by atoms with Gasteiger partial charge in [-0.1, -0.05) is 18.2 Å². The molecule has 0 aromatic heterocycles. The van der Waals surface area contributed by atoms with Gasteiger partial charge in [0.15, 0.2) is 6.61 Å². The van der Waals surface area contributed by atoms with Crippen LogP contribution in [0.5, 0.6) is 5.75 Å². The van der Waals surface area contributed by atoms with Crippen LogP contribution in [0.1, 0.15) is 24.8 Å². The van der Waals surface area contributed by atoms with Crippen LogP contribution in [0.4, 0.5) is 0 Å². The molecule has 1 aliphatic rings. The van der Waals surface area contributed by atoms with E-state index in [9.17, 15) is 4.79 Å². The molecule has 0 radical (unpaired) electrons. The molecule has 20 heavy (non-hydrogen) atoms. The topological polar surface area (TPSA) is 75.8 Å². The number of carbonyl (C=O) groups is 1. The molecule has 0 saturated heterocycles. The fraction of sp³-hybridized carbons (Fsp3) is 0.533. The van der Waals surface area contributed by atoms with Crippen molar-refractivity contribution in [3.63, 3.8) is 0 Å². The van der Waals surface area contributed by atoms with Crippen LogP contribution in [0.25, 0.3) is 0 Å². The van der Waals surface area contributed by atoms with Crippen molar-refractivity contribution in [3.8, 4) is 5.75 Å². The number of rotatable bonds is 7. The molecular formula is C15H22N2O3. The molecule has 1 amide bonds. The van der Waals surface area contributed by atoms with Crippen molar-refractivity contribution in [2.75, 3.05) is 19.8 Å². The number of benzene rings is 1. The fourth-order valence-electron chi connectivity index (χ4n) is 2.35.